The van der Waals surface area contributed by atoms with Gasteiger partial charge in [-0.25, -0.2) is 13.1 Å². The Hall–Kier alpha value is -0.100. The van der Waals surface area contributed by atoms with Crippen LogP contribution >= 0.6 is 27.5 Å². The maximum atomic E-state index is 12.5. The molecule has 6 heteroatoms. The molecule has 1 aromatic rings. The van der Waals surface area contributed by atoms with Crippen LogP contribution in [0.15, 0.2) is 33.6 Å². The van der Waals surface area contributed by atoms with Crippen LogP contribution in [0.1, 0.15) is 32.6 Å². The summed E-state index contributed by atoms with van der Waals surface area (Å²) in [7, 11) is -3.53. The van der Waals surface area contributed by atoms with Crippen molar-refractivity contribution in [2.24, 2.45) is 5.92 Å². The van der Waals surface area contributed by atoms with Gasteiger partial charge in [-0.05, 0) is 43.0 Å². The molecule has 0 heterocycles. The molecule has 3 nitrogen and oxygen atoms in total. The van der Waals surface area contributed by atoms with Crippen LogP contribution < -0.4 is 4.72 Å². The number of rotatable bonds is 4. The summed E-state index contributed by atoms with van der Waals surface area (Å²) in [6.07, 6.45) is 3.75. The van der Waals surface area contributed by atoms with Gasteiger partial charge in [-0.15, -0.1) is 11.6 Å². The minimum absolute atomic E-state index is 0.281. The standard InChI is InChI=1S/C14H19BrClNO2S/c1-11-3-2-8-14(9-11,10-16)17-20(18,19)13-6-4-12(15)5-7-13/h4-7,11,17H,2-3,8-10H2,1H3. The molecule has 1 N–H and O–H groups in total. The molecule has 1 fully saturated rings. The van der Waals surface area contributed by atoms with E-state index in [4.69, 9.17) is 11.6 Å². The first-order valence-corrected chi connectivity index (χ1v) is 9.53. The van der Waals surface area contributed by atoms with E-state index in [1.54, 1.807) is 24.3 Å². The van der Waals surface area contributed by atoms with Gasteiger partial charge in [0.2, 0.25) is 10.0 Å². The second-order valence-electron chi connectivity index (χ2n) is 5.67. The van der Waals surface area contributed by atoms with Crippen molar-refractivity contribution in [2.75, 3.05) is 5.88 Å². The molecule has 0 saturated heterocycles. The van der Waals surface area contributed by atoms with Gasteiger partial charge < -0.3 is 0 Å². The third kappa shape index (κ3) is 3.75. The minimum atomic E-state index is -3.53. The molecule has 2 unspecified atom stereocenters. The minimum Gasteiger partial charge on any atom is -0.207 e. The van der Waals surface area contributed by atoms with Crippen LogP contribution in [0, 0.1) is 5.92 Å². The fourth-order valence-electron chi connectivity index (χ4n) is 2.86. The Morgan fingerprint density at radius 3 is 2.60 bits per heavy atom. The van der Waals surface area contributed by atoms with Crippen LogP contribution in [-0.4, -0.2) is 19.8 Å². The van der Waals surface area contributed by atoms with E-state index in [1.165, 1.54) is 0 Å². The van der Waals surface area contributed by atoms with E-state index in [1.807, 2.05) is 0 Å². The fourth-order valence-corrected chi connectivity index (χ4v) is 4.95. The summed E-state index contributed by atoms with van der Waals surface area (Å²) in [4.78, 5) is 0.281. The molecule has 1 aromatic carbocycles. The monoisotopic (exact) mass is 379 g/mol. The summed E-state index contributed by atoms with van der Waals surface area (Å²) in [6, 6.07) is 6.65. The highest BCUT2D eigenvalue weighted by molar-refractivity contribution is 9.10. The summed E-state index contributed by atoms with van der Waals surface area (Å²) >= 11 is 9.39. The molecule has 0 spiro atoms. The first kappa shape index (κ1) is 16.3. The van der Waals surface area contributed by atoms with E-state index >= 15 is 0 Å². The average molecular weight is 381 g/mol. The molecule has 2 atom stereocenters. The molecule has 1 aliphatic carbocycles. The van der Waals surface area contributed by atoms with Crippen LogP contribution in [-0.2, 0) is 10.0 Å². The van der Waals surface area contributed by atoms with Gasteiger partial charge in [0.15, 0.2) is 0 Å². The molecule has 1 aliphatic rings. The molecular weight excluding hydrogens is 362 g/mol. The number of hydrogen-bond acceptors (Lipinski definition) is 2. The van der Waals surface area contributed by atoms with Crippen LogP contribution in [0.3, 0.4) is 0 Å². The molecule has 0 bridgehead atoms. The van der Waals surface area contributed by atoms with E-state index in [-0.39, 0.29) is 4.90 Å². The van der Waals surface area contributed by atoms with Gasteiger partial charge in [0, 0.05) is 15.9 Å². The number of halogens is 2. The molecule has 20 heavy (non-hydrogen) atoms. The van der Waals surface area contributed by atoms with E-state index in [2.05, 4.69) is 27.6 Å². The molecular formula is C14H19BrClNO2S. The van der Waals surface area contributed by atoms with Crippen molar-refractivity contribution in [3.8, 4) is 0 Å². The summed E-state index contributed by atoms with van der Waals surface area (Å²) in [6.45, 7) is 2.15. The number of nitrogens with one attached hydrogen (secondary N) is 1. The lowest BCUT2D eigenvalue weighted by molar-refractivity contribution is 0.239. The summed E-state index contributed by atoms with van der Waals surface area (Å²) in [5.41, 5.74) is -0.509. The lowest BCUT2D eigenvalue weighted by Gasteiger charge is -2.39. The third-order valence-electron chi connectivity index (χ3n) is 3.82. The third-order valence-corrected chi connectivity index (χ3v) is 6.46. The van der Waals surface area contributed by atoms with Crippen molar-refractivity contribution in [2.45, 2.75) is 43.0 Å². The predicted octanol–water partition coefficient (Wildman–Crippen LogP) is 3.92. The summed E-state index contributed by atoms with van der Waals surface area (Å²) < 4.78 is 28.7. The lowest BCUT2D eigenvalue weighted by atomic mass is 9.78. The smallest absolute Gasteiger partial charge is 0.207 e. The fraction of sp³-hybridized carbons (Fsp3) is 0.571. The summed E-state index contributed by atoms with van der Waals surface area (Å²) in [5, 5.41) is 0. The van der Waals surface area contributed by atoms with Crippen LogP contribution in [0.4, 0.5) is 0 Å². The molecule has 0 aliphatic heterocycles. The molecule has 0 amide bonds. The van der Waals surface area contributed by atoms with Crippen LogP contribution in [0.25, 0.3) is 0 Å². The topological polar surface area (TPSA) is 46.2 Å². The highest BCUT2D eigenvalue weighted by atomic mass is 79.9. The Labute approximate surface area is 134 Å². The van der Waals surface area contributed by atoms with Gasteiger partial charge in [-0.2, -0.15) is 0 Å². The number of hydrogen-bond donors (Lipinski definition) is 1. The van der Waals surface area contributed by atoms with E-state index in [9.17, 15) is 8.42 Å². The van der Waals surface area contributed by atoms with E-state index < -0.39 is 15.6 Å². The lowest BCUT2D eigenvalue weighted by Crippen LogP contribution is -2.52. The zero-order valence-corrected chi connectivity index (χ0v) is 14.6. The van der Waals surface area contributed by atoms with Crippen molar-refractivity contribution in [1.29, 1.82) is 0 Å². The van der Waals surface area contributed by atoms with Gasteiger partial charge in [-0.3, -0.25) is 0 Å². The largest absolute Gasteiger partial charge is 0.241 e. The Kier molecular flexibility index (Phi) is 5.16. The first-order valence-electron chi connectivity index (χ1n) is 6.72. The Bertz CT molecular complexity index is 561. The zero-order chi connectivity index (χ0) is 14.8. The van der Waals surface area contributed by atoms with E-state index in [0.29, 0.717) is 11.8 Å². The summed E-state index contributed by atoms with van der Waals surface area (Å²) in [5.74, 6) is 0.808. The Morgan fingerprint density at radius 2 is 2.05 bits per heavy atom. The number of alkyl halides is 1. The molecule has 112 valence electrons. The predicted molar refractivity (Wildman–Crippen MR) is 85.5 cm³/mol. The molecule has 2 rings (SSSR count). The van der Waals surface area contributed by atoms with Crippen molar-refractivity contribution in [1.82, 2.24) is 4.72 Å². The van der Waals surface area contributed by atoms with Crippen molar-refractivity contribution in [3.05, 3.63) is 28.7 Å². The average Bonchev–Trinajstić information content (AvgIpc) is 2.38. The van der Waals surface area contributed by atoms with Crippen molar-refractivity contribution >= 4 is 37.6 Å². The van der Waals surface area contributed by atoms with Crippen molar-refractivity contribution in [3.63, 3.8) is 0 Å². The number of sulfonamides is 1. The second kappa shape index (κ2) is 6.34. The van der Waals surface area contributed by atoms with Gasteiger partial charge in [0.05, 0.1) is 4.90 Å². The maximum Gasteiger partial charge on any atom is 0.241 e. The van der Waals surface area contributed by atoms with E-state index in [0.717, 1.165) is 30.2 Å². The van der Waals surface area contributed by atoms with Gasteiger partial charge >= 0.3 is 0 Å². The highest BCUT2D eigenvalue weighted by Crippen LogP contribution is 2.34. The maximum absolute atomic E-state index is 12.5. The molecule has 0 radical (unpaired) electrons. The van der Waals surface area contributed by atoms with Gasteiger partial charge in [-0.1, -0.05) is 35.7 Å². The van der Waals surface area contributed by atoms with Gasteiger partial charge in [0.25, 0.3) is 0 Å². The zero-order valence-electron chi connectivity index (χ0n) is 11.4. The van der Waals surface area contributed by atoms with Crippen LogP contribution in [0.5, 0.6) is 0 Å². The van der Waals surface area contributed by atoms with Crippen molar-refractivity contribution < 1.29 is 8.42 Å². The Morgan fingerprint density at radius 1 is 1.40 bits per heavy atom. The Balaban J connectivity index is 2.23. The van der Waals surface area contributed by atoms with Crippen LogP contribution in [0.2, 0.25) is 0 Å². The first-order chi connectivity index (χ1) is 9.37. The normalized spacial score (nSPS) is 27.4. The second-order valence-corrected chi connectivity index (χ2v) is 8.54. The molecule has 1 saturated carbocycles. The quantitative estimate of drug-likeness (QED) is 0.805. The number of benzene rings is 1. The SMILES string of the molecule is CC1CCCC(CCl)(NS(=O)(=O)c2ccc(Br)cc2)C1. The van der Waals surface area contributed by atoms with Gasteiger partial charge in [0.1, 0.15) is 0 Å². The molecule has 0 aromatic heterocycles. The highest BCUT2D eigenvalue weighted by Gasteiger charge is 2.38.